The van der Waals surface area contributed by atoms with Crippen LogP contribution in [0.5, 0.6) is 5.75 Å². The van der Waals surface area contributed by atoms with Crippen LogP contribution in [-0.4, -0.2) is 4.92 Å². The lowest BCUT2D eigenvalue weighted by atomic mass is 10.1. The highest BCUT2D eigenvalue weighted by molar-refractivity contribution is 6.32. The highest BCUT2D eigenvalue weighted by Crippen LogP contribution is 2.28. The summed E-state index contributed by atoms with van der Waals surface area (Å²) < 4.78 is 5.64. The van der Waals surface area contributed by atoms with Gasteiger partial charge in [-0.1, -0.05) is 35.4 Å². The van der Waals surface area contributed by atoms with Gasteiger partial charge in [-0.05, 0) is 31.0 Å². The summed E-state index contributed by atoms with van der Waals surface area (Å²) in [5, 5.41) is 10.8. The molecule has 104 valence electrons. The summed E-state index contributed by atoms with van der Waals surface area (Å²) >= 11 is 5.84. The summed E-state index contributed by atoms with van der Waals surface area (Å²) in [4.78, 5) is 10.2. The number of nitrogens with zero attached hydrogens (tertiary/aromatic N) is 1. The SMILES string of the molecule is Cc1ccc(C)c(COc2ccc([N+](=O)[O-])c(Cl)c2)c1. The van der Waals surface area contributed by atoms with Crippen LogP contribution in [-0.2, 0) is 6.61 Å². The third-order valence-electron chi connectivity index (χ3n) is 3.01. The molecule has 5 heteroatoms. The molecule has 4 nitrogen and oxygen atoms in total. The van der Waals surface area contributed by atoms with Crippen LogP contribution in [0.3, 0.4) is 0 Å². The molecule has 0 N–H and O–H groups in total. The van der Waals surface area contributed by atoms with Gasteiger partial charge in [0, 0.05) is 12.1 Å². The van der Waals surface area contributed by atoms with Crippen molar-refractivity contribution in [2.45, 2.75) is 20.5 Å². The van der Waals surface area contributed by atoms with Crippen LogP contribution in [0.4, 0.5) is 5.69 Å². The molecule has 0 aliphatic heterocycles. The fourth-order valence-corrected chi connectivity index (χ4v) is 2.08. The second-order valence-electron chi connectivity index (χ2n) is 4.59. The Morgan fingerprint density at radius 1 is 1.20 bits per heavy atom. The second kappa shape index (κ2) is 5.92. The Morgan fingerprint density at radius 3 is 2.60 bits per heavy atom. The molecule has 0 bridgehead atoms. The Kier molecular flexibility index (Phi) is 4.25. The van der Waals surface area contributed by atoms with Crippen LogP contribution in [0.15, 0.2) is 36.4 Å². The number of ether oxygens (including phenoxy) is 1. The minimum absolute atomic E-state index is 0.0773. The molecule has 0 atom stereocenters. The molecule has 0 unspecified atom stereocenters. The number of hydrogen-bond donors (Lipinski definition) is 0. The van der Waals surface area contributed by atoms with E-state index in [4.69, 9.17) is 16.3 Å². The van der Waals surface area contributed by atoms with Crippen LogP contribution in [0.2, 0.25) is 5.02 Å². The molecule has 2 aromatic rings. The van der Waals surface area contributed by atoms with E-state index < -0.39 is 4.92 Å². The number of hydrogen-bond acceptors (Lipinski definition) is 3. The summed E-state index contributed by atoms with van der Waals surface area (Å²) in [6.07, 6.45) is 0. The molecule has 2 aromatic carbocycles. The Morgan fingerprint density at radius 2 is 1.95 bits per heavy atom. The molecule has 0 spiro atoms. The average Bonchev–Trinajstić information content (AvgIpc) is 2.39. The standard InChI is InChI=1S/C15H14ClNO3/c1-10-3-4-11(2)12(7-10)9-20-13-5-6-15(17(18)19)14(16)8-13/h3-8H,9H2,1-2H3. The van der Waals surface area contributed by atoms with Gasteiger partial charge in [0.25, 0.3) is 5.69 Å². The fraction of sp³-hybridized carbons (Fsp3) is 0.200. The quantitative estimate of drug-likeness (QED) is 0.618. The van der Waals surface area contributed by atoms with Gasteiger partial charge in [0.2, 0.25) is 0 Å². The Balaban J connectivity index is 2.13. The van der Waals surface area contributed by atoms with Crippen molar-refractivity contribution in [3.63, 3.8) is 0 Å². The maximum absolute atomic E-state index is 10.7. The van der Waals surface area contributed by atoms with E-state index in [9.17, 15) is 10.1 Å². The minimum atomic E-state index is -0.517. The number of nitro benzene ring substituents is 1. The normalized spacial score (nSPS) is 10.3. The van der Waals surface area contributed by atoms with Gasteiger partial charge in [-0.15, -0.1) is 0 Å². The van der Waals surface area contributed by atoms with Crippen LogP contribution < -0.4 is 4.74 Å². The van der Waals surface area contributed by atoms with E-state index in [-0.39, 0.29) is 10.7 Å². The smallest absolute Gasteiger partial charge is 0.288 e. The fourth-order valence-electron chi connectivity index (χ4n) is 1.84. The van der Waals surface area contributed by atoms with Crippen LogP contribution in [0.1, 0.15) is 16.7 Å². The topological polar surface area (TPSA) is 52.4 Å². The highest BCUT2D eigenvalue weighted by atomic mass is 35.5. The molecule has 2 rings (SSSR count). The van der Waals surface area contributed by atoms with Gasteiger partial charge in [-0.25, -0.2) is 0 Å². The third kappa shape index (κ3) is 3.27. The van der Waals surface area contributed by atoms with Crippen molar-refractivity contribution in [2.75, 3.05) is 0 Å². The maximum Gasteiger partial charge on any atom is 0.288 e. The molecule has 0 saturated carbocycles. The van der Waals surface area contributed by atoms with Crippen molar-refractivity contribution in [2.24, 2.45) is 0 Å². The van der Waals surface area contributed by atoms with Crippen LogP contribution in [0, 0.1) is 24.0 Å². The van der Waals surface area contributed by atoms with Crippen molar-refractivity contribution in [3.05, 3.63) is 68.2 Å². The maximum atomic E-state index is 10.7. The molecule has 0 aromatic heterocycles. The van der Waals surface area contributed by atoms with Crippen molar-refractivity contribution >= 4 is 17.3 Å². The van der Waals surface area contributed by atoms with Crippen molar-refractivity contribution in [1.82, 2.24) is 0 Å². The number of halogens is 1. The molecule has 0 amide bonds. The first-order valence-electron chi connectivity index (χ1n) is 6.10. The lowest BCUT2D eigenvalue weighted by molar-refractivity contribution is -0.384. The third-order valence-corrected chi connectivity index (χ3v) is 3.32. The first-order valence-corrected chi connectivity index (χ1v) is 6.48. The minimum Gasteiger partial charge on any atom is -0.489 e. The van der Waals surface area contributed by atoms with E-state index in [1.54, 1.807) is 6.07 Å². The van der Waals surface area contributed by atoms with Crippen molar-refractivity contribution in [3.8, 4) is 5.75 Å². The number of nitro groups is 1. The molecule has 0 saturated heterocycles. The van der Waals surface area contributed by atoms with Gasteiger partial charge >= 0.3 is 0 Å². The highest BCUT2D eigenvalue weighted by Gasteiger charge is 2.12. The number of aryl methyl sites for hydroxylation is 2. The zero-order chi connectivity index (χ0) is 14.7. The van der Waals surface area contributed by atoms with E-state index in [0.29, 0.717) is 12.4 Å². The van der Waals surface area contributed by atoms with Gasteiger partial charge in [-0.3, -0.25) is 10.1 Å². The van der Waals surface area contributed by atoms with E-state index >= 15 is 0 Å². The van der Waals surface area contributed by atoms with E-state index in [1.165, 1.54) is 12.1 Å². The summed E-state index contributed by atoms with van der Waals surface area (Å²) in [5.41, 5.74) is 3.27. The molecule has 20 heavy (non-hydrogen) atoms. The number of benzene rings is 2. The second-order valence-corrected chi connectivity index (χ2v) is 5.00. The van der Waals surface area contributed by atoms with Gasteiger partial charge in [0.1, 0.15) is 17.4 Å². The Hall–Kier alpha value is -2.07. The molecular formula is C15H14ClNO3. The summed E-state index contributed by atoms with van der Waals surface area (Å²) in [5.74, 6) is 0.515. The molecule has 0 fully saturated rings. The molecule has 0 aliphatic carbocycles. The average molecular weight is 292 g/mol. The summed E-state index contributed by atoms with van der Waals surface area (Å²) in [6, 6.07) is 10.5. The predicted octanol–water partition coefficient (Wildman–Crippen LogP) is 4.44. The lowest BCUT2D eigenvalue weighted by Crippen LogP contribution is -1.99. The number of rotatable bonds is 4. The van der Waals surface area contributed by atoms with Crippen molar-refractivity contribution < 1.29 is 9.66 Å². The first kappa shape index (κ1) is 14.3. The van der Waals surface area contributed by atoms with Crippen LogP contribution >= 0.6 is 11.6 Å². The first-order chi connectivity index (χ1) is 9.47. The molecule has 0 radical (unpaired) electrons. The lowest BCUT2D eigenvalue weighted by Gasteiger charge is -2.10. The monoisotopic (exact) mass is 291 g/mol. The zero-order valence-corrected chi connectivity index (χ0v) is 12.0. The van der Waals surface area contributed by atoms with E-state index in [2.05, 4.69) is 6.07 Å². The van der Waals surface area contributed by atoms with Gasteiger partial charge in [0.15, 0.2) is 0 Å². The van der Waals surface area contributed by atoms with E-state index in [1.807, 2.05) is 26.0 Å². The zero-order valence-electron chi connectivity index (χ0n) is 11.2. The summed E-state index contributed by atoms with van der Waals surface area (Å²) in [7, 11) is 0. The Labute approximate surface area is 122 Å². The largest absolute Gasteiger partial charge is 0.489 e. The Bertz CT molecular complexity index is 656. The molecule has 0 heterocycles. The van der Waals surface area contributed by atoms with E-state index in [0.717, 1.165) is 16.7 Å². The van der Waals surface area contributed by atoms with Gasteiger partial charge in [-0.2, -0.15) is 0 Å². The van der Waals surface area contributed by atoms with Crippen molar-refractivity contribution in [1.29, 1.82) is 0 Å². The van der Waals surface area contributed by atoms with Crippen LogP contribution in [0.25, 0.3) is 0 Å². The molecule has 0 aliphatic rings. The van der Waals surface area contributed by atoms with Gasteiger partial charge < -0.3 is 4.74 Å². The predicted molar refractivity (Wildman–Crippen MR) is 78.4 cm³/mol. The summed E-state index contributed by atoms with van der Waals surface area (Å²) in [6.45, 7) is 4.44. The van der Waals surface area contributed by atoms with Gasteiger partial charge in [0.05, 0.1) is 4.92 Å². The molecular weight excluding hydrogens is 278 g/mol.